The number of thiophene rings is 1. The van der Waals surface area contributed by atoms with Gasteiger partial charge in [-0.15, -0.1) is 11.3 Å². The van der Waals surface area contributed by atoms with Gasteiger partial charge in [0.15, 0.2) is 0 Å². The van der Waals surface area contributed by atoms with Crippen LogP contribution in [0.1, 0.15) is 52.5 Å². The van der Waals surface area contributed by atoms with Crippen LogP contribution in [0.25, 0.3) is 0 Å². The molecular weight excluding hydrogens is 322 g/mol. The van der Waals surface area contributed by atoms with E-state index in [1.54, 1.807) is 5.38 Å². The topological polar surface area (TPSA) is 60.8 Å². The number of hydrogen-bond acceptors (Lipinski definition) is 5. The van der Waals surface area contributed by atoms with Gasteiger partial charge in [0.25, 0.3) is 0 Å². The molecule has 2 N–H and O–H groups in total. The number of aromatic hydroxyl groups is 1. The molecule has 1 unspecified atom stereocenters. The fourth-order valence-corrected chi connectivity index (χ4v) is 3.73. The molecular formula is C19H25NO3S. The van der Waals surface area contributed by atoms with Crippen LogP contribution in [0.5, 0.6) is 5.75 Å². The minimum Gasteiger partial charge on any atom is -0.507 e. The lowest BCUT2D eigenvalue weighted by molar-refractivity contribution is 0.104. The van der Waals surface area contributed by atoms with E-state index in [0.29, 0.717) is 23.5 Å². The summed E-state index contributed by atoms with van der Waals surface area (Å²) in [5.41, 5.74) is 2.43. The molecule has 5 heteroatoms. The SMILES string of the molecule is CCC(C)c1c(O)csc1C(=O)c1cccc(CN(C)CCO)c1. The Labute approximate surface area is 147 Å². The molecule has 2 aromatic rings. The summed E-state index contributed by atoms with van der Waals surface area (Å²) in [6.07, 6.45) is 0.872. The average molecular weight is 347 g/mol. The highest BCUT2D eigenvalue weighted by atomic mass is 32.1. The third kappa shape index (κ3) is 4.23. The summed E-state index contributed by atoms with van der Waals surface area (Å²) in [4.78, 5) is 15.5. The Hall–Kier alpha value is -1.69. The van der Waals surface area contributed by atoms with Crippen molar-refractivity contribution < 1.29 is 15.0 Å². The molecule has 0 amide bonds. The monoisotopic (exact) mass is 347 g/mol. The maximum atomic E-state index is 12.9. The van der Waals surface area contributed by atoms with Crippen LogP contribution >= 0.6 is 11.3 Å². The minimum atomic E-state index is -0.0396. The molecule has 0 spiro atoms. The number of hydrogen-bond donors (Lipinski definition) is 2. The van der Waals surface area contributed by atoms with Crippen molar-refractivity contribution in [1.82, 2.24) is 4.90 Å². The molecule has 1 atom stereocenters. The lowest BCUT2D eigenvalue weighted by Crippen LogP contribution is -2.21. The molecule has 1 aromatic heterocycles. The molecule has 2 rings (SSSR count). The number of rotatable bonds is 8. The standard InChI is InChI=1S/C19H25NO3S/c1-4-13(2)17-16(22)12-24-19(17)18(23)15-7-5-6-14(10-15)11-20(3)8-9-21/h5-7,10,12-13,21-22H,4,8-9,11H2,1-3H3. The van der Waals surface area contributed by atoms with E-state index in [-0.39, 0.29) is 24.1 Å². The Balaban J connectivity index is 2.28. The van der Waals surface area contributed by atoms with E-state index >= 15 is 0 Å². The largest absolute Gasteiger partial charge is 0.507 e. The average Bonchev–Trinajstić information content (AvgIpc) is 2.95. The zero-order chi connectivity index (χ0) is 17.7. The third-order valence-corrected chi connectivity index (χ3v) is 5.23. The minimum absolute atomic E-state index is 0.0396. The second kappa shape index (κ2) is 8.42. The lowest BCUT2D eigenvalue weighted by atomic mass is 9.95. The van der Waals surface area contributed by atoms with Crippen LogP contribution in [0.3, 0.4) is 0 Å². The van der Waals surface area contributed by atoms with Crippen molar-refractivity contribution >= 4 is 17.1 Å². The van der Waals surface area contributed by atoms with Crippen molar-refractivity contribution in [2.45, 2.75) is 32.7 Å². The molecule has 4 nitrogen and oxygen atoms in total. The summed E-state index contributed by atoms with van der Waals surface area (Å²) in [6, 6.07) is 7.57. The molecule has 0 saturated heterocycles. The van der Waals surface area contributed by atoms with E-state index in [1.165, 1.54) is 11.3 Å². The van der Waals surface area contributed by atoms with E-state index in [0.717, 1.165) is 17.5 Å². The summed E-state index contributed by atoms with van der Waals surface area (Å²) in [5.74, 6) is 0.327. The molecule has 130 valence electrons. The van der Waals surface area contributed by atoms with E-state index in [9.17, 15) is 9.90 Å². The Morgan fingerprint density at radius 3 is 2.79 bits per heavy atom. The molecule has 0 fully saturated rings. The number of nitrogens with zero attached hydrogens (tertiary/aromatic N) is 1. The van der Waals surface area contributed by atoms with Gasteiger partial charge in [-0.3, -0.25) is 9.69 Å². The van der Waals surface area contributed by atoms with Crippen LogP contribution in [0.2, 0.25) is 0 Å². The first-order valence-electron chi connectivity index (χ1n) is 8.21. The predicted molar refractivity (Wildman–Crippen MR) is 98.0 cm³/mol. The molecule has 0 aliphatic heterocycles. The summed E-state index contributed by atoms with van der Waals surface area (Å²) in [5, 5.41) is 20.7. The Kier molecular flexibility index (Phi) is 6.54. The summed E-state index contributed by atoms with van der Waals surface area (Å²) < 4.78 is 0. The molecule has 1 aromatic carbocycles. The Morgan fingerprint density at radius 2 is 2.12 bits per heavy atom. The van der Waals surface area contributed by atoms with Gasteiger partial charge in [-0.05, 0) is 31.0 Å². The molecule has 1 heterocycles. The highest BCUT2D eigenvalue weighted by molar-refractivity contribution is 7.12. The number of likely N-dealkylation sites (N-methyl/N-ethyl adjacent to an activating group) is 1. The summed E-state index contributed by atoms with van der Waals surface area (Å²) in [7, 11) is 1.93. The first-order valence-corrected chi connectivity index (χ1v) is 9.09. The van der Waals surface area contributed by atoms with Crippen molar-refractivity contribution in [2.75, 3.05) is 20.2 Å². The Bertz CT molecular complexity index is 696. The fraction of sp³-hybridized carbons (Fsp3) is 0.421. The predicted octanol–water partition coefficient (Wildman–Crippen LogP) is 3.62. The van der Waals surface area contributed by atoms with Gasteiger partial charge in [-0.1, -0.05) is 32.0 Å². The van der Waals surface area contributed by atoms with Gasteiger partial charge in [-0.2, -0.15) is 0 Å². The van der Waals surface area contributed by atoms with Crippen LogP contribution in [0.4, 0.5) is 0 Å². The highest BCUT2D eigenvalue weighted by Crippen LogP contribution is 2.37. The van der Waals surface area contributed by atoms with E-state index in [4.69, 9.17) is 5.11 Å². The number of benzene rings is 1. The van der Waals surface area contributed by atoms with Gasteiger partial charge >= 0.3 is 0 Å². The maximum Gasteiger partial charge on any atom is 0.203 e. The molecule has 0 radical (unpaired) electrons. The number of aliphatic hydroxyl groups excluding tert-OH is 1. The second-order valence-corrected chi connectivity index (χ2v) is 7.04. The third-order valence-electron chi connectivity index (χ3n) is 4.24. The van der Waals surface area contributed by atoms with Crippen LogP contribution in [-0.2, 0) is 6.54 Å². The number of carbonyl (C=O) groups is 1. The summed E-state index contributed by atoms with van der Waals surface area (Å²) >= 11 is 1.31. The van der Waals surface area contributed by atoms with Crippen molar-refractivity contribution in [3.8, 4) is 5.75 Å². The van der Waals surface area contributed by atoms with E-state index in [1.807, 2.05) is 50.1 Å². The van der Waals surface area contributed by atoms with Crippen molar-refractivity contribution in [3.63, 3.8) is 0 Å². The van der Waals surface area contributed by atoms with Crippen molar-refractivity contribution in [3.05, 3.63) is 51.2 Å². The molecule has 0 bridgehead atoms. The van der Waals surface area contributed by atoms with Gasteiger partial charge in [-0.25, -0.2) is 0 Å². The molecule has 0 aliphatic carbocycles. The number of ketones is 1. The van der Waals surface area contributed by atoms with Crippen LogP contribution in [0, 0.1) is 0 Å². The highest BCUT2D eigenvalue weighted by Gasteiger charge is 2.22. The molecule has 24 heavy (non-hydrogen) atoms. The van der Waals surface area contributed by atoms with Gasteiger partial charge in [0, 0.05) is 29.6 Å². The Morgan fingerprint density at radius 1 is 1.38 bits per heavy atom. The van der Waals surface area contributed by atoms with Crippen LogP contribution < -0.4 is 0 Å². The maximum absolute atomic E-state index is 12.9. The van der Waals surface area contributed by atoms with E-state index in [2.05, 4.69) is 0 Å². The number of aliphatic hydroxyl groups is 1. The van der Waals surface area contributed by atoms with Gasteiger partial charge in [0.2, 0.25) is 5.78 Å². The zero-order valence-electron chi connectivity index (χ0n) is 14.5. The van der Waals surface area contributed by atoms with Gasteiger partial charge < -0.3 is 10.2 Å². The fourth-order valence-electron chi connectivity index (χ4n) is 2.72. The van der Waals surface area contributed by atoms with Crippen LogP contribution in [-0.4, -0.2) is 41.1 Å². The van der Waals surface area contributed by atoms with Crippen molar-refractivity contribution in [2.24, 2.45) is 0 Å². The lowest BCUT2D eigenvalue weighted by Gasteiger charge is -2.15. The quantitative estimate of drug-likeness (QED) is 0.716. The normalized spacial score (nSPS) is 12.5. The second-order valence-electron chi connectivity index (χ2n) is 6.16. The molecule has 0 aliphatic rings. The van der Waals surface area contributed by atoms with Gasteiger partial charge in [0.1, 0.15) is 5.75 Å². The molecule has 0 saturated carbocycles. The smallest absolute Gasteiger partial charge is 0.203 e. The first-order chi connectivity index (χ1) is 11.5. The number of carbonyl (C=O) groups excluding carboxylic acids is 1. The van der Waals surface area contributed by atoms with E-state index < -0.39 is 0 Å². The zero-order valence-corrected chi connectivity index (χ0v) is 15.3. The van der Waals surface area contributed by atoms with Crippen LogP contribution in [0.15, 0.2) is 29.6 Å². The summed E-state index contributed by atoms with van der Waals surface area (Å²) in [6.45, 7) is 5.46. The van der Waals surface area contributed by atoms with Crippen molar-refractivity contribution in [1.29, 1.82) is 0 Å². The van der Waals surface area contributed by atoms with Gasteiger partial charge in [0.05, 0.1) is 11.5 Å². The first kappa shape index (κ1) is 18.6.